The molecule has 0 amide bonds. The van der Waals surface area contributed by atoms with Crippen molar-refractivity contribution in [2.24, 2.45) is 0 Å². The molecule has 0 heterocycles. The van der Waals surface area contributed by atoms with E-state index in [1.165, 1.54) is 12.1 Å². The van der Waals surface area contributed by atoms with Crippen LogP contribution in [0.3, 0.4) is 0 Å². The fourth-order valence-corrected chi connectivity index (χ4v) is 1.33. The van der Waals surface area contributed by atoms with Gasteiger partial charge in [-0.2, -0.15) is 13.2 Å². The third-order valence-electron chi connectivity index (χ3n) is 1.66. The number of alkyl halides is 4. The lowest BCUT2D eigenvalue weighted by atomic mass is 10.3. The Bertz CT molecular complexity index is 370. The molecule has 0 bridgehead atoms. The highest BCUT2D eigenvalue weighted by molar-refractivity contribution is 9.09. The molecule has 1 nitrogen and oxygen atoms in total. The molecule has 0 saturated heterocycles. The highest BCUT2D eigenvalue weighted by Crippen LogP contribution is 2.33. The SMILES string of the molecule is FC(F)(F)C(Br)COc1cccc(Cl)c1Cl. The van der Waals surface area contributed by atoms with Crippen LogP contribution in [0.25, 0.3) is 0 Å². The van der Waals surface area contributed by atoms with Crippen LogP contribution in [-0.4, -0.2) is 17.6 Å². The molecule has 1 aromatic rings. The second kappa shape index (κ2) is 5.47. The van der Waals surface area contributed by atoms with Crippen molar-refractivity contribution in [3.63, 3.8) is 0 Å². The van der Waals surface area contributed by atoms with Crippen molar-refractivity contribution < 1.29 is 17.9 Å². The van der Waals surface area contributed by atoms with E-state index in [0.717, 1.165) is 0 Å². The van der Waals surface area contributed by atoms with E-state index in [4.69, 9.17) is 27.9 Å². The second-order valence-corrected chi connectivity index (χ2v) is 4.76. The zero-order valence-electron chi connectivity index (χ0n) is 7.69. The summed E-state index contributed by atoms with van der Waals surface area (Å²) in [5.41, 5.74) is 0. The number of benzene rings is 1. The molecule has 1 rings (SSSR count). The Morgan fingerprint density at radius 1 is 1.31 bits per heavy atom. The van der Waals surface area contributed by atoms with Gasteiger partial charge in [0.25, 0.3) is 0 Å². The summed E-state index contributed by atoms with van der Waals surface area (Å²) in [4.78, 5) is -1.74. The Hall–Kier alpha value is -0.130. The van der Waals surface area contributed by atoms with Gasteiger partial charge in [-0.25, -0.2) is 0 Å². The van der Waals surface area contributed by atoms with Crippen molar-refractivity contribution >= 4 is 39.1 Å². The average molecular weight is 338 g/mol. The molecule has 1 unspecified atom stereocenters. The lowest BCUT2D eigenvalue weighted by Gasteiger charge is -2.15. The zero-order valence-corrected chi connectivity index (χ0v) is 10.8. The molecule has 1 atom stereocenters. The molecule has 0 saturated carbocycles. The van der Waals surface area contributed by atoms with Crippen molar-refractivity contribution in [2.45, 2.75) is 11.0 Å². The average Bonchev–Trinajstić information content (AvgIpc) is 2.18. The van der Waals surface area contributed by atoms with Crippen LogP contribution in [0.4, 0.5) is 13.2 Å². The maximum absolute atomic E-state index is 12.1. The Morgan fingerprint density at radius 2 is 1.94 bits per heavy atom. The third-order valence-corrected chi connectivity index (χ3v) is 3.24. The molecule has 0 N–H and O–H groups in total. The van der Waals surface area contributed by atoms with Crippen LogP contribution >= 0.6 is 39.1 Å². The molecule has 0 radical (unpaired) electrons. The topological polar surface area (TPSA) is 9.23 Å². The molecular weight excluding hydrogens is 332 g/mol. The first kappa shape index (κ1) is 13.9. The van der Waals surface area contributed by atoms with E-state index >= 15 is 0 Å². The van der Waals surface area contributed by atoms with Crippen LogP contribution < -0.4 is 4.74 Å². The van der Waals surface area contributed by atoms with Crippen LogP contribution in [-0.2, 0) is 0 Å². The number of hydrogen-bond donors (Lipinski definition) is 0. The lowest BCUT2D eigenvalue weighted by molar-refractivity contribution is -0.132. The molecule has 0 aliphatic heterocycles. The minimum absolute atomic E-state index is 0.103. The van der Waals surface area contributed by atoms with E-state index in [2.05, 4.69) is 15.9 Å². The summed E-state index contributed by atoms with van der Waals surface area (Å²) in [7, 11) is 0. The van der Waals surface area contributed by atoms with Crippen LogP contribution in [0.1, 0.15) is 0 Å². The molecule has 0 aliphatic carbocycles. The summed E-state index contributed by atoms with van der Waals surface area (Å²) in [6.45, 7) is -0.566. The molecule has 0 aromatic heterocycles. The molecule has 0 aliphatic rings. The van der Waals surface area contributed by atoms with E-state index in [1.54, 1.807) is 6.07 Å². The van der Waals surface area contributed by atoms with Gasteiger partial charge in [-0.05, 0) is 12.1 Å². The van der Waals surface area contributed by atoms with E-state index in [-0.39, 0.29) is 15.8 Å². The van der Waals surface area contributed by atoms with Crippen LogP contribution in [0, 0.1) is 0 Å². The van der Waals surface area contributed by atoms with E-state index < -0.39 is 17.6 Å². The van der Waals surface area contributed by atoms with Crippen molar-refractivity contribution in [3.05, 3.63) is 28.2 Å². The second-order valence-electron chi connectivity index (χ2n) is 2.87. The van der Waals surface area contributed by atoms with Crippen LogP contribution in [0.2, 0.25) is 10.0 Å². The molecular formula is C9H6BrCl2F3O. The van der Waals surface area contributed by atoms with Gasteiger partial charge in [0.2, 0.25) is 0 Å². The summed E-state index contributed by atoms with van der Waals surface area (Å²) in [6, 6.07) is 4.51. The molecule has 7 heteroatoms. The summed E-state index contributed by atoms with van der Waals surface area (Å²) >= 11 is 13.9. The van der Waals surface area contributed by atoms with Gasteiger partial charge in [-0.3, -0.25) is 0 Å². The predicted molar refractivity (Wildman–Crippen MR) is 60.7 cm³/mol. The Kier molecular flexibility index (Phi) is 4.76. The van der Waals surface area contributed by atoms with Gasteiger partial charge in [0.1, 0.15) is 22.2 Å². The number of hydrogen-bond acceptors (Lipinski definition) is 1. The molecule has 1 aromatic carbocycles. The van der Waals surface area contributed by atoms with Gasteiger partial charge in [0, 0.05) is 0 Å². The van der Waals surface area contributed by atoms with Crippen molar-refractivity contribution in [3.8, 4) is 5.75 Å². The zero-order chi connectivity index (χ0) is 12.3. The number of halogens is 6. The summed E-state index contributed by atoms with van der Waals surface area (Å²) < 4.78 is 41.4. The summed E-state index contributed by atoms with van der Waals surface area (Å²) in [5.74, 6) is 0.128. The van der Waals surface area contributed by atoms with Gasteiger partial charge >= 0.3 is 6.18 Å². The Balaban J connectivity index is 2.65. The van der Waals surface area contributed by atoms with Gasteiger partial charge in [-0.15, -0.1) is 0 Å². The summed E-state index contributed by atoms with van der Waals surface area (Å²) in [5, 5.41) is 0.336. The maximum atomic E-state index is 12.1. The van der Waals surface area contributed by atoms with Crippen LogP contribution in [0.5, 0.6) is 5.75 Å². The highest BCUT2D eigenvalue weighted by Gasteiger charge is 2.38. The van der Waals surface area contributed by atoms with E-state index in [1.807, 2.05) is 0 Å². The standard InChI is InChI=1S/C9H6BrCl2F3O/c10-7(9(13,14)15)4-16-6-3-1-2-5(11)8(6)12/h1-3,7H,4H2. The predicted octanol–water partition coefficient (Wildman–Crippen LogP) is 4.70. The van der Waals surface area contributed by atoms with E-state index in [9.17, 15) is 13.2 Å². The smallest absolute Gasteiger partial charge is 0.404 e. The lowest BCUT2D eigenvalue weighted by Crippen LogP contribution is -2.28. The highest BCUT2D eigenvalue weighted by atomic mass is 79.9. The minimum Gasteiger partial charge on any atom is -0.490 e. The quantitative estimate of drug-likeness (QED) is 0.726. The van der Waals surface area contributed by atoms with Crippen molar-refractivity contribution in [1.82, 2.24) is 0 Å². The molecule has 0 fully saturated rings. The fraction of sp³-hybridized carbons (Fsp3) is 0.333. The maximum Gasteiger partial charge on any atom is 0.404 e. The normalized spacial score (nSPS) is 13.6. The van der Waals surface area contributed by atoms with Gasteiger partial charge < -0.3 is 4.74 Å². The number of ether oxygens (including phenoxy) is 1. The van der Waals surface area contributed by atoms with Gasteiger partial charge in [0.05, 0.1) is 5.02 Å². The molecule has 16 heavy (non-hydrogen) atoms. The third kappa shape index (κ3) is 3.71. The molecule has 90 valence electrons. The first-order valence-corrected chi connectivity index (χ1v) is 5.77. The first-order valence-electron chi connectivity index (χ1n) is 4.10. The van der Waals surface area contributed by atoms with Crippen molar-refractivity contribution in [1.29, 1.82) is 0 Å². The van der Waals surface area contributed by atoms with E-state index in [0.29, 0.717) is 0 Å². The number of rotatable bonds is 3. The molecule has 0 spiro atoms. The Morgan fingerprint density at radius 3 is 2.50 bits per heavy atom. The monoisotopic (exact) mass is 336 g/mol. The largest absolute Gasteiger partial charge is 0.490 e. The fourth-order valence-electron chi connectivity index (χ4n) is 0.853. The van der Waals surface area contributed by atoms with Crippen molar-refractivity contribution in [2.75, 3.05) is 6.61 Å². The Labute approximate surface area is 109 Å². The van der Waals surface area contributed by atoms with Gasteiger partial charge in [0.15, 0.2) is 0 Å². The van der Waals surface area contributed by atoms with Crippen LogP contribution in [0.15, 0.2) is 18.2 Å². The van der Waals surface area contributed by atoms with Gasteiger partial charge in [-0.1, -0.05) is 45.2 Å². The summed E-state index contributed by atoms with van der Waals surface area (Å²) in [6.07, 6.45) is -4.36. The minimum atomic E-state index is -4.36. The first-order chi connectivity index (χ1) is 7.32.